The minimum absolute atomic E-state index is 0.00716. The summed E-state index contributed by atoms with van der Waals surface area (Å²) in [6.07, 6.45) is 1.53. The van der Waals surface area contributed by atoms with E-state index in [1.165, 1.54) is 32.1 Å². The number of fused-ring (bicyclic) bond motifs is 1. The summed E-state index contributed by atoms with van der Waals surface area (Å²) >= 11 is 1.31. The van der Waals surface area contributed by atoms with Crippen LogP contribution in [0.2, 0.25) is 0 Å². The number of rotatable bonds is 11. The zero-order valence-electron chi connectivity index (χ0n) is 24.6. The van der Waals surface area contributed by atoms with Gasteiger partial charge in [0, 0.05) is 33.5 Å². The Kier molecular flexibility index (Phi) is 10.2. The van der Waals surface area contributed by atoms with E-state index in [9.17, 15) is 14.4 Å². The molecular weight excluding hydrogens is 594 g/mol. The van der Waals surface area contributed by atoms with Crippen LogP contribution in [0.5, 0.6) is 23.0 Å². The highest BCUT2D eigenvalue weighted by Gasteiger charge is 2.17. The summed E-state index contributed by atoms with van der Waals surface area (Å²) in [6.45, 7) is 0.949. The summed E-state index contributed by atoms with van der Waals surface area (Å²) in [6, 6.07) is 26.1. The molecule has 230 valence electrons. The number of ether oxygens (including phenoxy) is 4. The third-order valence-corrected chi connectivity index (χ3v) is 7.55. The van der Waals surface area contributed by atoms with Crippen LogP contribution in [0.15, 0.2) is 102 Å². The molecule has 0 fully saturated rings. The van der Waals surface area contributed by atoms with E-state index in [4.69, 9.17) is 18.9 Å². The molecule has 0 bridgehead atoms. The molecule has 0 atom stereocenters. The number of benzene rings is 4. The third kappa shape index (κ3) is 8.36. The number of hydrogen-bond acceptors (Lipinski definition) is 8. The SMILES string of the molecule is COc1ccc(OC)c(/C=C(/NC(=O)c2ccccc2)C(=O)Nc2cccc(SCC(=O)Nc3ccc4c(c3)OCCO4)c2)c1. The van der Waals surface area contributed by atoms with E-state index in [1.54, 1.807) is 84.9 Å². The van der Waals surface area contributed by atoms with E-state index < -0.39 is 11.8 Å². The van der Waals surface area contributed by atoms with Crippen molar-refractivity contribution in [2.24, 2.45) is 0 Å². The average Bonchev–Trinajstić information content (AvgIpc) is 3.07. The van der Waals surface area contributed by atoms with Crippen LogP contribution in [0, 0.1) is 0 Å². The van der Waals surface area contributed by atoms with Crippen LogP contribution in [0.25, 0.3) is 6.08 Å². The molecule has 0 spiro atoms. The first-order chi connectivity index (χ1) is 21.9. The number of carbonyl (C=O) groups is 3. The van der Waals surface area contributed by atoms with E-state index in [0.29, 0.717) is 58.7 Å². The summed E-state index contributed by atoms with van der Waals surface area (Å²) < 4.78 is 21.9. The molecule has 0 saturated carbocycles. The lowest BCUT2D eigenvalue weighted by molar-refractivity contribution is -0.114. The second kappa shape index (κ2) is 14.8. The van der Waals surface area contributed by atoms with Gasteiger partial charge in [-0.1, -0.05) is 24.3 Å². The number of nitrogens with one attached hydrogen (secondary N) is 3. The topological polar surface area (TPSA) is 124 Å². The molecule has 1 heterocycles. The van der Waals surface area contributed by atoms with Crippen molar-refractivity contribution in [1.29, 1.82) is 0 Å². The van der Waals surface area contributed by atoms with Crippen molar-refractivity contribution in [2.75, 3.05) is 43.8 Å². The number of amides is 3. The molecule has 4 aromatic carbocycles. The number of methoxy groups -OCH3 is 2. The van der Waals surface area contributed by atoms with Crippen molar-refractivity contribution >= 4 is 46.9 Å². The Bertz CT molecular complexity index is 1730. The first kappa shape index (κ1) is 31.0. The molecular formula is C34H31N3O7S. The smallest absolute Gasteiger partial charge is 0.272 e. The van der Waals surface area contributed by atoms with E-state index >= 15 is 0 Å². The molecule has 10 nitrogen and oxygen atoms in total. The molecule has 3 N–H and O–H groups in total. The van der Waals surface area contributed by atoms with Gasteiger partial charge in [0.05, 0.1) is 20.0 Å². The number of carbonyl (C=O) groups excluding carboxylic acids is 3. The summed E-state index contributed by atoms with van der Waals surface area (Å²) in [5, 5.41) is 8.44. The Balaban J connectivity index is 1.28. The Morgan fingerprint density at radius 2 is 1.58 bits per heavy atom. The van der Waals surface area contributed by atoms with E-state index in [1.807, 2.05) is 6.07 Å². The summed E-state index contributed by atoms with van der Waals surface area (Å²) in [7, 11) is 3.05. The standard InChI is InChI=1S/C34H31N3O7S/c1-41-26-12-14-29(42-2)23(17-26)18-28(37-33(39)22-7-4-3-5-8-22)34(40)36-24-9-6-10-27(19-24)45-21-32(38)35-25-11-13-30-31(20-25)44-16-15-43-30/h3-14,17-20H,15-16,21H2,1-2H3,(H,35,38)(H,36,40)(H,37,39)/b28-18+. The molecule has 0 radical (unpaired) electrons. The van der Waals surface area contributed by atoms with Crippen molar-refractivity contribution in [1.82, 2.24) is 5.32 Å². The highest BCUT2D eigenvalue weighted by Crippen LogP contribution is 2.33. The maximum Gasteiger partial charge on any atom is 0.272 e. The number of hydrogen-bond donors (Lipinski definition) is 3. The number of thioether (sulfide) groups is 1. The van der Waals surface area contributed by atoms with Crippen LogP contribution in [-0.4, -0.2) is 50.9 Å². The monoisotopic (exact) mass is 625 g/mol. The van der Waals surface area contributed by atoms with Gasteiger partial charge in [-0.2, -0.15) is 0 Å². The molecule has 3 amide bonds. The van der Waals surface area contributed by atoms with E-state index in [-0.39, 0.29) is 17.4 Å². The van der Waals surface area contributed by atoms with Crippen molar-refractivity contribution in [2.45, 2.75) is 4.90 Å². The fraction of sp³-hybridized carbons (Fsp3) is 0.147. The van der Waals surface area contributed by atoms with Gasteiger partial charge in [-0.05, 0) is 66.7 Å². The van der Waals surface area contributed by atoms with Crippen LogP contribution in [0.3, 0.4) is 0 Å². The van der Waals surface area contributed by atoms with Crippen molar-refractivity contribution in [3.05, 3.63) is 108 Å². The largest absolute Gasteiger partial charge is 0.497 e. The highest BCUT2D eigenvalue weighted by atomic mass is 32.2. The number of anilines is 2. The van der Waals surface area contributed by atoms with Crippen LogP contribution in [0.1, 0.15) is 15.9 Å². The van der Waals surface area contributed by atoms with Crippen LogP contribution >= 0.6 is 11.8 Å². The molecule has 0 aliphatic carbocycles. The predicted octanol–water partition coefficient (Wildman–Crippen LogP) is 5.62. The minimum Gasteiger partial charge on any atom is -0.497 e. The Morgan fingerprint density at radius 1 is 0.800 bits per heavy atom. The zero-order chi connectivity index (χ0) is 31.6. The molecule has 4 aromatic rings. The van der Waals surface area contributed by atoms with Crippen LogP contribution < -0.4 is 34.9 Å². The molecule has 45 heavy (non-hydrogen) atoms. The predicted molar refractivity (Wildman–Crippen MR) is 173 cm³/mol. The Hall–Kier alpha value is -5.42. The van der Waals surface area contributed by atoms with Gasteiger partial charge >= 0.3 is 0 Å². The molecule has 1 aliphatic rings. The van der Waals surface area contributed by atoms with Gasteiger partial charge in [0.15, 0.2) is 11.5 Å². The maximum absolute atomic E-state index is 13.6. The van der Waals surface area contributed by atoms with Gasteiger partial charge in [-0.15, -0.1) is 11.8 Å². The first-order valence-electron chi connectivity index (χ1n) is 14.0. The first-order valence-corrected chi connectivity index (χ1v) is 14.9. The van der Waals surface area contributed by atoms with Crippen molar-refractivity contribution in [3.8, 4) is 23.0 Å². The maximum atomic E-state index is 13.6. The lowest BCUT2D eigenvalue weighted by atomic mass is 10.1. The molecule has 11 heteroatoms. The summed E-state index contributed by atoms with van der Waals surface area (Å²) in [5.74, 6) is 1.21. The summed E-state index contributed by atoms with van der Waals surface area (Å²) in [5.41, 5.74) is 2.00. The van der Waals surface area contributed by atoms with Crippen LogP contribution in [-0.2, 0) is 9.59 Å². The molecule has 1 aliphatic heterocycles. The minimum atomic E-state index is -0.553. The van der Waals surface area contributed by atoms with Gasteiger partial charge < -0.3 is 34.9 Å². The van der Waals surface area contributed by atoms with Crippen molar-refractivity contribution < 1.29 is 33.3 Å². The highest BCUT2D eigenvalue weighted by molar-refractivity contribution is 8.00. The second-order valence-electron chi connectivity index (χ2n) is 9.66. The average molecular weight is 626 g/mol. The molecule has 0 unspecified atom stereocenters. The molecule has 5 rings (SSSR count). The van der Waals surface area contributed by atoms with Crippen molar-refractivity contribution in [3.63, 3.8) is 0 Å². The van der Waals surface area contributed by atoms with E-state index in [0.717, 1.165) is 4.90 Å². The molecule has 0 aromatic heterocycles. The second-order valence-corrected chi connectivity index (χ2v) is 10.7. The van der Waals surface area contributed by atoms with Gasteiger partial charge in [-0.3, -0.25) is 14.4 Å². The quantitative estimate of drug-likeness (QED) is 0.145. The fourth-order valence-electron chi connectivity index (χ4n) is 4.38. The zero-order valence-corrected chi connectivity index (χ0v) is 25.4. The lowest BCUT2D eigenvalue weighted by Crippen LogP contribution is -2.30. The third-order valence-electron chi connectivity index (χ3n) is 6.55. The van der Waals surface area contributed by atoms with Gasteiger partial charge in [0.25, 0.3) is 11.8 Å². The Labute approximate surface area is 264 Å². The van der Waals surface area contributed by atoms with Crippen LogP contribution in [0.4, 0.5) is 11.4 Å². The lowest BCUT2D eigenvalue weighted by Gasteiger charge is -2.19. The Morgan fingerprint density at radius 3 is 2.36 bits per heavy atom. The molecule has 0 saturated heterocycles. The normalized spacial score (nSPS) is 12.1. The van der Waals surface area contributed by atoms with Gasteiger partial charge in [-0.25, -0.2) is 0 Å². The van der Waals surface area contributed by atoms with E-state index in [2.05, 4.69) is 16.0 Å². The fourth-order valence-corrected chi connectivity index (χ4v) is 5.13. The van der Waals surface area contributed by atoms with Gasteiger partial charge in [0.1, 0.15) is 30.4 Å². The summed E-state index contributed by atoms with van der Waals surface area (Å²) in [4.78, 5) is 40.0. The van der Waals surface area contributed by atoms with Gasteiger partial charge in [0.2, 0.25) is 5.91 Å².